The zero-order valence-electron chi connectivity index (χ0n) is 15.0. The van der Waals surface area contributed by atoms with Crippen LogP contribution in [-0.4, -0.2) is 10.1 Å². The first kappa shape index (κ1) is 18.2. The van der Waals surface area contributed by atoms with E-state index in [2.05, 4.69) is 19.9 Å². The molecule has 3 rings (SSSR count). The van der Waals surface area contributed by atoms with Crippen molar-refractivity contribution in [3.8, 4) is 5.75 Å². The summed E-state index contributed by atoms with van der Waals surface area (Å²) in [5, 5.41) is 10.5. The van der Waals surface area contributed by atoms with Crippen molar-refractivity contribution in [3.63, 3.8) is 0 Å². The van der Waals surface area contributed by atoms with E-state index in [1.807, 2.05) is 12.1 Å². The van der Waals surface area contributed by atoms with Crippen LogP contribution in [0.3, 0.4) is 0 Å². The Labute approximate surface area is 153 Å². The molecular weight excluding hydrogens is 338 g/mol. The maximum atomic E-state index is 12.3. The highest BCUT2D eigenvalue weighted by Crippen LogP contribution is 2.56. The van der Waals surface area contributed by atoms with E-state index in [9.17, 15) is 14.9 Å². The zero-order valence-corrected chi connectivity index (χ0v) is 15.8. The molecule has 2 aliphatic rings. The van der Waals surface area contributed by atoms with Crippen LogP contribution < -0.4 is 4.18 Å². The first-order valence-corrected chi connectivity index (χ1v) is 9.69. The van der Waals surface area contributed by atoms with Crippen molar-refractivity contribution in [2.24, 2.45) is 17.3 Å². The fourth-order valence-corrected chi connectivity index (χ4v) is 5.45. The maximum absolute atomic E-state index is 12.3. The Kier molecular flexibility index (Phi) is 5.09. The minimum atomic E-state index is -0.551. The van der Waals surface area contributed by atoms with Crippen LogP contribution in [-0.2, 0) is 11.2 Å². The Morgan fingerprint density at radius 1 is 1.44 bits per heavy atom. The third-order valence-electron chi connectivity index (χ3n) is 6.53. The first-order chi connectivity index (χ1) is 11.9. The zero-order chi connectivity index (χ0) is 18.2. The summed E-state index contributed by atoms with van der Waals surface area (Å²) >= 11 is 0.249. The third-order valence-corrected chi connectivity index (χ3v) is 6.91. The number of fused-ring (bicyclic) bond motifs is 3. The summed E-state index contributed by atoms with van der Waals surface area (Å²) in [4.78, 5) is 22.8. The van der Waals surface area contributed by atoms with Crippen LogP contribution in [0.5, 0.6) is 5.75 Å². The Hall–Kier alpha value is -1.56. The normalized spacial score (nSPS) is 30.9. The van der Waals surface area contributed by atoms with Gasteiger partial charge in [-0.2, -0.15) is 0 Å². The number of rotatable bonds is 5. The van der Waals surface area contributed by atoms with E-state index in [0.717, 1.165) is 32.1 Å². The summed E-state index contributed by atoms with van der Waals surface area (Å²) in [5.74, 6) is 2.32. The predicted octanol–water partition coefficient (Wildman–Crippen LogP) is 4.97. The molecule has 2 aliphatic carbocycles. The van der Waals surface area contributed by atoms with Gasteiger partial charge in [-0.05, 0) is 73.6 Å². The Morgan fingerprint density at radius 2 is 2.20 bits per heavy atom. The van der Waals surface area contributed by atoms with Crippen LogP contribution in [0.2, 0.25) is 0 Å². The highest BCUT2D eigenvalue weighted by molar-refractivity contribution is 7.88. The van der Waals surface area contributed by atoms with Crippen molar-refractivity contribution >= 4 is 18.0 Å². The van der Waals surface area contributed by atoms with Gasteiger partial charge in [0.2, 0.25) is 0 Å². The fourth-order valence-electron chi connectivity index (χ4n) is 5.19. The van der Waals surface area contributed by atoms with Crippen molar-refractivity contribution in [1.82, 2.24) is 0 Å². The van der Waals surface area contributed by atoms with Crippen LogP contribution in [0.4, 0.5) is 0 Å². The molecule has 25 heavy (non-hydrogen) atoms. The molecule has 0 spiro atoms. The van der Waals surface area contributed by atoms with E-state index >= 15 is 0 Å². The number of nitrogens with zero attached hydrogens (tertiary/aromatic N) is 1. The Morgan fingerprint density at radius 3 is 2.84 bits per heavy atom. The molecule has 4 atom stereocenters. The number of hydrogen-bond donors (Lipinski definition) is 0. The lowest BCUT2D eigenvalue weighted by Gasteiger charge is -2.50. The van der Waals surface area contributed by atoms with Crippen molar-refractivity contribution in [2.75, 3.05) is 0 Å². The van der Waals surface area contributed by atoms with Gasteiger partial charge in [-0.15, -0.1) is 0 Å². The summed E-state index contributed by atoms with van der Waals surface area (Å²) in [6, 6.07) is 5.85. The van der Waals surface area contributed by atoms with Gasteiger partial charge in [0.1, 0.15) is 15.9 Å². The average Bonchev–Trinajstić information content (AvgIpc) is 2.59. The van der Waals surface area contributed by atoms with Crippen LogP contribution in [0.15, 0.2) is 18.2 Å². The minimum absolute atomic E-state index is 0.196. The molecule has 6 heteroatoms. The smallest absolute Gasteiger partial charge is 0.366 e. The van der Waals surface area contributed by atoms with E-state index in [-0.39, 0.29) is 17.6 Å². The molecule has 0 N–H and O–H groups in total. The average molecular weight is 363 g/mol. The van der Waals surface area contributed by atoms with Gasteiger partial charge in [0.25, 0.3) is 0 Å². The lowest BCUT2D eigenvalue weighted by Crippen LogP contribution is -2.46. The van der Waals surface area contributed by atoms with Crippen LogP contribution in [0.1, 0.15) is 63.5 Å². The summed E-state index contributed by atoms with van der Waals surface area (Å²) in [7, 11) is 0. The molecular formula is C19H25NO4S. The third kappa shape index (κ3) is 3.28. The van der Waals surface area contributed by atoms with Gasteiger partial charge in [-0.1, -0.05) is 26.3 Å². The second-order valence-corrected chi connectivity index (χ2v) is 8.19. The largest absolute Gasteiger partial charge is 0.468 e. The molecule has 1 aromatic rings. The van der Waals surface area contributed by atoms with Crippen LogP contribution >= 0.6 is 12.2 Å². The van der Waals surface area contributed by atoms with Gasteiger partial charge in [-0.3, -0.25) is 4.79 Å². The molecule has 5 nitrogen and oxygen atoms in total. The van der Waals surface area contributed by atoms with Gasteiger partial charge < -0.3 is 4.18 Å². The van der Waals surface area contributed by atoms with Crippen LogP contribution in [0, 0.1) is 27.4 Å². The SMILES string of the molecule is CCC1C2CCc3cc(OS[N+](=O)[O-])ccc3C2CCC1(C)C(C)=O. The number of hydrogen-bond acceptors (Lipinski definition) is 5. The second kappa shape index (κ2) is 6.98. The molecule has 4 unspecified atom stereocenters. The van der Waals surface area contributed by atoms with E-state index in [0.29, 0.717) is 29.3 Å². The molecule has 0 aromatic heterocycles. The highest BCUT2D eigenvalue weighted by Gasteiger charge is 2.49. The lowest BCUT2D eigenvalue weighted by atomic mass is 9.53. The summed E-state index contributed by atoms with van der Waals surface area (Å²) in [6.07, 6.45) is 5.03. The number of carbonyl (C=O) groups is 1. The Bertz CT molecular complexity index is 692. The molecule has 1 fully saturated rings. The molecule has 0 aliphatic heterocycles. The van der Waals surface area contributed by atoms with E-state index in [1.165, 1.54) is 11.1 Å². The van der Waals surface area contributed by atoms with Crippen molar-refractivity contribution in [1.29, 1.82) is 0 Å². The number of aryl methyl sites for hydroxylation is 1. The molecule has 1 saturated carbocycles. The molecule has 0 heterocycles. The number of carbonyl (C=O) groups excluding carboxylic acids is 1. The van der Waals surface area contributed by atoms with Crippen molar-refractivity contribution < 1.29 is 13.3 Å². The first-order valence-electron chi connectivity index (χ1n) is 8.99. The van der Waals surface area contributed by atoms with E-state index in [4.69, 9.17) is 4.18 Å². The predicted molar refractivity (Wildman–Crippen MR) is 98.0 cm³/mol. The monoisotopic (exact) mass is 363 g/mol. The van der Waals surface area contributed by atoms with E-state index < -0.39 is 4.33 Å². The highest BCUT2D eigenvalue weighted by atomic mass is 32.2. The number of nitro groups is 1. The summed E-state index contributed by atoms with van der Waals surface area (Å²) in [5.41, 5.74) is 2.39. The number of ketones is 1. The fraction of sp³-hybridized carbons (Fsp3) is 0.632. The molecule has 0 amide bonds. The quantitative estimate of drug-likeness (QED) is 0.320. The molecule has 0 radical (unpaired) electrons. The van der Waals surface area contributed by atoms with E-state index in [1.54, 1.807) is 6.92 Å². The van der Waals surface area contributed by atoms with Gasteiger partial charge >= 0.3 is 12.2 Å². The van der Waals surface area contributed by atoms with Gasteiger partial charge in [0.15, 0.2) is 0 Å². The summed E-state index contributed by atoms with van der Waals surface area (Å²) < 4.78 is 4.60. The van der Waals surface area contributed by atoms with Crippen molar-refractivity contribution in [2.45, 2.75) is 58.8 Å². The van der Waals surface area contributed by atoms with Crippen molar-refractivity contribution in [3.05, 3.63) is 39.4 Å². The maximum Gasteiger partial charge on any atom is 0.468 e. The van der Waals surface area contributed by atoms with Crippen LogP contribution in [0.25, 0.3) is 0 Å². The standard InChI is InChI=1S/C19H25NO4S/c1-4-18-17-7-5-13-11-14(24-25-20(22)23)6-8-15(13)16(17)9-10-19(18,3)12(2)21/h6,8,11,16-18H,4-5,7,9-10H2,1-3H3. The minimum Gasteiger partial charge on any atom is -0.366 e. The molecule has 0 saturated heterocycles. The molecule has 0 bridgehead atoms. The number of benzene rings is 1. The second-order valence-electron chi connectivity index (χ2n) is 7.58. The number of Topliss-reactive ketones (excluding diaryl/α,β-unsaturated/α-hetero) is 1. The molecule has 1 aromatic carbocycles. The topological polar surface area (TPSA) is 69.4 Å². The summed E-state index contributed by atoms with van der Waals surface area (Å²) in [6.45, 7) is 6.10. The lowest BCUT2D eigenvalue weighted by molar-refractivity contribution is -0.291. The molecule has 136 valence electrons. The van der Waals surface area contributed by atoms with Gasteiger partial charge in [-0.25, -0.2) is 10.1 Å². The Balaban J connectivity index is 1.86. The van der Waals surface area contributed by atoms with Gasteiger partial charge in [0.05, 0.1) is 0 Å². The van der Waals surface area contributed by atoms with Gasteiger partial charge in [0, 0.05) is 5.41 Å².